The maximum Gasteiger partial charge on any atom is 0.239 e. The van der Waals surface area contributed by atoms with Gasteiger partial charge >= 0.3 is 0 Å². The van der Waals surface area contributed by atoms with Gasteiger partial charge in [0.15, 0.2) is 65.5 Å². The topological polar surface area (TPSA) is 521 Å². The Kier molecular flexibility index (Phi) is 26.5. The average Bonchev–Trinajstić information content (AvgIpc) is 1.51. The summed E-state index contributed by atoms with van der Waals surface area (Å²) in [5.41, 5.74) is 33.4. The number of nitrogens with two attached hydrogens (primary N) is 5. The monoisotopic (exact) mass is 1760 g/mol. The van der Waals surface area contributed by atoms with Crippen molar-refractivity contribution in [2.75, 3.05) is 133 Å². The molecule has 5 unspecified atom stereocenters. The highest BCUT2D eigenvalue weighted by Gasteiger charge is 2.69. The molecule has 0 amide bonds. The highest BCUT2D eigenvalue weighted by molar-refractivity contribution is 7.73. The van der Waals surface area contributed by atoms with Gasteiger partial charge in [-0.25, -0.2) is 54.2 Å². The summed E-state index contributed by atoms with van der Waals surface area (Å²) in [4.78, 5) is 42.6. The Labute approximate surface area is 697 Å². The zero-order valence-corrected chi connectivity index (χ0v) is 74.8. The number of pyridine rings is 5. The van der Waals surface area contributed by atoms with Gasteiger partial charge in [-0.15, -0.1) is 65.9 Å². The Bertz CT molecular complexity index is 5470. The van der Waals surface area contributed by atoms with Gasteiger partial charge in [0.05, 0.1) is 90.6 Å². The van der Waals surface area contributed by atoms with Crippen LogP contribution in [0, 0.1) is 0 Å². The van der Waals surface area contributed by atoms with Crippen LogP contribution in [-0.4, -0.2) is 343 Å². The van der Waals surface area contributed by atoms with Crippen LogP contribution >= 0.6 is 34.4 Å². The largest absolute Gasteiger partial charge is 0.397 e. The third-order valence-electron chi connectivity index (χ3n) is 22.8. The van der Waals surface area contributed by atoms with E-state index in [9.17, 15) is 50.3 Å². The van der Waals surface area contributed by atoms with Gasteiger partial charge in [-0.3, -0.25) is 22.8 Å². The lowest BCUT2D eigenvalue weighted by atomic mass is 9.89. The SMILES string of the molecule is C=P(C)(C)CC[C@@]1(C)OC(n2cnc3c(N)ccnc32)[C@H](O)[C@@H]1O.C=P(C)(C)CC[C@@]12CO[C@@](C)(C(n3cnc4c(N)ccnc43)O1)[C@@H]2O.C=P(C)(C)CC[C@H]1OC(n2cnc3c(N)ccnc32)C(O)(O)[C@@H]1O.C=P(C)(C)CC[C@H]1OC(n2cnc3c(N)ccnc32)[C@H](F)[C@@H]1O.C=P(C)(C)CC[C@H]1OC(n2cnc3c(N)ccnc32)[C@](C)(O)[C@@H]1O. The molecule has 10 aromatic heterocycles. The molecule has 19 atom stereocenters. The number of anilines is 5. The summed E-state index contributed by atoms with van der Waals surface area (Å²) >= 11 is 0. The number of rotatable bonds is 20. The van der Waals surface area contributed by atoms with E-state index in [2.05, 4.69) is 148 Å². The van der Waals surface area contributed by atoms with Gasteiger partial charge in [0, 0.05) is 31.0 Å². The van der Waals surface area contributed by atoms with Gasteiger partial charge in [-0.1, -0.05) is 0 Å². The molecule has 0 radical (unpaired) electrons. The van der Waals surface area contributed by atoms with Crippen LogP contribution < -0.4 is 28.7 Å². The fourth-order valence-corrected chi connectivity index (χ4v) is 20.5. The molecule has 120 heavy (non-hydrogen) atoms. The Balaban J connectivity index is 0.000000138. The van der Waals surface area contributed by atoms with Crippen molar-refractivity contribution >= 4 is 150 Å². The van der Waals surface area contributed by atoms with Gasteiger partial charge in [0.1, 0.15) is 81.0 Å². The van der Waals surface area contributed by atoms with E-state index in [1.165, 1.54) is 28.0 Å². The van der Waals surface area contributed by atoms with E-state index in [1.807, 2.05) is 18.4 Å². The third kappa shape index (κ3) is 19.1. The van der Waals surface area contributed by atoms with Crippen LogP contribution in [0.15, 0.2) is 93.0 Å². The molecule has 10 aromatic rings. The number of aliphatic hydroxyl groups is 9. The van der Waals surface area contributed by atoms with Gasteiger partial charge in [0.2, 0.25) is 5.79 Å². The van der Waals surface area contributed by atoms with Crippen molar-refractivity contribution in [2.45, 2.75) is 173 Å². The Morgan fingerprint density at radius 2 is 0.758 bits per heavy atom. The van der Waals surface area contributed by atoms with Crippen molar-refractivity contribution in [3.05, 3.63) is 93.0 Å². The number of nitrogens with zero attached hydrogens (tertiary/aromatic N) is 15. The Morgan fingerprint density at radius 3 is 1.17 bits per heavy atom. The number of nitrogen functional groups attached to an aromatic ring is 5. The molecule has 16 heterocycles. The average molecular weight is 1760 g/mol. The molecule has 0 aliphatic carbocycles. The zero-order valence-electron chi connectivity index (χ0n) is 70.3. The molecule has 35 nitrogen and oxygen atoms in total. The van der Waals surface area contributed by atoms with Gasteiger partial charge in [-0.2, -0.15) is 0 Å². The van der Waals surface area contributed by atoms with Crippen LogP contribution in [0.3, 0.4) is 0 Å². The van der Waals surface area contributed by atoms with E-state index in [4.69, 9.17) is 57.1 Å². The molecule has 41 heteroatoms. The second-order valence-electron chi connectivity index (χ2n) is 36.4. The van der Waals surface area contributed by atoms with Crippen molar-refractivity contribution in [1.82, 2.24) is 72.7 Å². The lowest BCUT2D eigenvalue weighted by molar-refractivity contribution is -0.247. The summed E-state index contributed by atoms with van der Waals surface area (Å²) < 4.78 is 58.6. The van der Waals surface area contributed by atoms with E-state index in [0.29, 0.717) is 117 Å². The maximum absolute atomic E-state index is 14.6. The quantitative estimate of drug-likeness (QED) is 0.0329. The first-order chi connectivity index (χ1) is 55.8. The van der Waals surface area contributed by atoms with Crippen LogP contribution in [0.5, 0.6) is 0 Å². The Hall–Kier alpha value is -7.07. The summed E-state index contributed by atoms with van der Waals surface area (Å²) in [7, 11) is 0. The lowest BCUT2D eigenvalue weighted by Gasteiger charge is -2.34. The number of ether oxygens (including phenoxy) is 6. The van der Waals surface area contributed by atoms with E-state index in [0.717, 1.165) is 37.2 Å². The molecule has 6 aliphatic heterocycles. The maximum atomic E-state index is 14.6. The minimum Gasteiger partial charge on any atom is -0.397 e. The molecule has 6 saturated heterocycles. The minimum absolute atomic E-state index is 0.366. The molecule has 0 aromatic carbocycles. The summed E-state index contributed by atoms with van der Waals surface area (Å²) in [5, 5.41) is 94.7. The van der Waals surface area contributed by atoms with E-state index in [-0.39, 0.29) is 0 Å². The predicted molar refractivity (Wildman–Crippen MR) is 483 cm³/mol. The van der Waals surface area contributed by atoms with Crippen LogP contribution in [0.25, 0.3) is 55.8 Å². The molecule has 658 valence electrons. The molecule has 2 bridgehead atoms. The summed E-state index contributed by atoms with van der Waals surface area (Å²) in [6.45, 7) is 20.7. The molecule has 19 N–H and O–H groups in total. The second kappa shape index (κ2) is 34.5. The number of aliphatic hydroxyl groups excluding tert-OH is 6. The highest BCUT2D eigenvalue weighted by Crippen LogP contribution is 2.57. The number of alkyl halides is 1. The number of aromatic nitrogens is 15. The molecule has 6 fully saturated rings. The van der Waals surface area contributed by atoms with Crippen LogP contribution in [0.1, 0.15) is 84.0 Å². The van der Waals surface area contributed by atoms with Crippen LogP contribution in [-0.2, 0) is 28.4 Å². The standard InChI is InChI=1S/C17H25N4O3P.2C16H25N4O3P.C15H22FN4O2P.C15H23N4O4P/c1-16-14(22)17(9-23-16,6-8-25(2,3)4)24-15(16)21-10-20-12-11(18)5-7-19-13(12)21;1-16(6-8-24(2,3)4)13(22)12(21)15(23-16)20-9-19-11-10(17)5-7-18-14(11)20;1-16(22)13(21)11(6-8-24(2,3)4)23-15(16)20-9-19-12-10(17)5-7-18-14(12)20;1-23(2,3)7-5-10-13(21)11(16)15(22-10)20-8-19-12-9(17)4-6-18-14(12)20;1-24(2,3)7-5-10-12(20)15(21,22)14(23-10)19-8-18-11-9(16)4-6-17-13(11)19/h5,7,10,14-15,22H,2,6,8-9H2,1,3-4H3,(H2,18,19);5,7,9,12-13,15,21-22H,2,6,8H2,1,3-4H3,(H2,17,18);5,7,9,11,13,15,21-22H,2,6,8H2,1,3-4H3,(H2,17,18);4,6,8,10-11,13,15,21H,1,5,7H2,2-3H3,(H2,17,18);4,6,8,10,12,14,20-22H,1,5,7H2,2-3H3,(H2,16,17)/t14-,15?,16+,17-;12-,13+,15?,16-;11-,13-,15?,16-;10-,11-,13-,15?;10-,12-,14?/m01111/s1. The second-order valence-corrected chi connectivity index (χ2v) is 58.0. The zero-order chi connectivity index (χ0) is 87.9. The van der Waals surface area contributed by atoms with E-state index >= 15 is 0 Å². The molecule has 6 aliphatic rings. The molecule has 16 rings (SSSR count). The van der Waals surface area contributed by atoms with Gasteiger partial charge < -0.3 is 103 Å². The number of hydrogen-bond acceptors (Lipinski definition) is 30. The first kappa shape index (κ1) is 92.1. The van der Waals surface area contributed by atoms with Crippen molar-refractivity contribution in [3.63, 3.8) is 0 Å². The molecule has 0 saturated carbocycles. The smallest absolute Gasteiger partial charge is 0.239 e. The van der Waals surface area contributed by atoms with Gasteiger partial charge in [-0.05, 0) is 181 Å². The molecular weight excluding hydrogens is 1640 g/mol. The fourth-order valence-electron chi connectivity index (χ4n) is 15.6. The third-order valence-corrected chi connectivity index (χ3v) is 30.1. The number of fused-ring (bicyclic) bond motifs is 7. The number of imidazole rings is 5. The first-order valence-corrected chi connectivity index (χ1v) is 54.6. The first-order valence-electron chi connectivity index (χ1n) is 39.4. The van der Waals surface area contributed by atoms with Gasteiger partial charge in [0.25, 0.3) is 0 Å². The lowest BCUT2D eigenvalue weighted by Crippen LogP contribution is -2.46. The van der Waals surface area contributed by atoms with Crippen molar-refractivity contribution in [2.24, 2.45) is 0 Å². The normalized spacial score (nSPS) is 30.5. The number of halogens is 1. The fraction of sp³-hybridized carbons (Fsp3) is 0.557. The molecular formula is C79H120FN20O15P5. The van der Waals surface area contributed by atoms with Crippen LogP contribution in [0.4, 0.5) is 32.8 Å². The highest BCUT2D eigenvalue weighted by atomic mass is 31.2. The summed E-state index contributed by atoms with van der Waals surface area (Å²) in [6, 6.07) is 8.31. The van der Waals surface area contributed by atoms with Crippen molar-refractivity contribution in [1.29, 1.82) is 0 Å². The predicted octanol–water partition coefficient (Wildman–Crippen LogP) is 5.54. The minimum atomic E-state index is -2.45. The van der Waals surface area contributed by atoms with Crippen molar-refractivity contribution < 1.29 is 78.8 Å². The van der Waals surface area contributed by atoms with E-state index < -0.39 is 155 Å². The summed E-state index contributed by atoms with van der Waals surface area (Å²) in [5.74, 6) is -2.45. The Morgan fingerprint density at radius 1 is 0.417 bits per heavy atom. The molecule has 0 spiro atoms. The van der Waals surface area contributed by atoms with Crippen molar-refractivity contribution in [3.8, 4) is 0 Å². The van der Waals surface area contributed by atoms with Crippen LogP contribution in [0.2, 0.25) is 0 Å². The van der Waals surface area contributed by atoms with E-state index in [1.54, 1.807) is 90.2 Å². The number of hydrogen-bond donors (Lipinski definition) is 14. The summed E-state index contributed by atoms with van der Waals surface area (Å²) in [6.07, 6.45) is 30.0.